The van der Waals surface area contributed by atoms with Gasteiger partial charge in [0.05, 0.1) is 7.11 Å². The van der Waals surface area contributed by atoms with E-state index in [0.717, 1.165) is 0 Å². The molecule has 0 unspecified atom stereocenters. The van der Waals surface area contributed by atoms with E-state index in [2.05, 4.69) is 5.32 Å². The Hall–Kier alpha value is -3.34. The van der Waals surface area contributed by atoms with Crippen LogP contribution in [0, 0.1) is 0 Å². The Morgan fingerprint density at radius 3 is 2.12 bits per heavy atom. The van der Waals surface area contributed by atoms with Crippen LogP contribution < -0.4 is 14.8 Å². The Labute approximate surface area is 185 Å². The first kappa shape index (κ1) is 24.9. The third-order valence-electron chi connectivity index (χ3n) is 4.36. The quantitative estimate of drug-likeness (QED) is 0.443. The van der Waals surface area contributed by atoms with Gasteiger partial charge in [-0.25, -0.2) is 0 Å². The fourth-order valence-corrected chi connectivity index (χ4v) is 3.20. The molecular formula is C21H27NO10. The molecule has 0 bridgehead atoms. The maximum atomic E-state index is 11.9. The van der Waals surface area contributed by atoms with Gasteiger partial charge in [0.15, 0.2) is 12.2 Å². The second-order valence-electron chi connectivity index (χ2n) is 7.02. The molecule has 2 rings (SSSR count). The third kappa shape index (κ3) is 7.12. The summed E-state index contributed by atoms with van der Waals surface area (Å²) in [6.45, 7) is 4.50. The Balaban J connectivity index is 2.45. The molecule has 1 aliphatic heterocycles. The fourth-order valence-electron chi connectivity index (χ4n) is 3.20. The van der Waals surface area contributed by atoms with Gasteiger partial charge in [0.1, 0.15) is 30.3 Å². The van der Waals surface area contributed by atoms with Crippen LogP contribution in [0.4, 0.5) is 0 Å². The van der Waals surface area contributed by atoms with E-state index in [9.17, 15) is 19.2 Å². The molecule has 11 heteroatoms. The van der Waals surface area contributed by atoms with E-state index in [0.29, 0.717) is 11.5 Å². The highest BCUT2D eigenvalue weighted by molar-refractivity contribution is 5.73. The van der Waals surface area contributed by atoms with Crippen LogP contribution in [0.25, 0.3) is 0 Å². The molecule has 0 radical (unpaired) electrons. The van der Waals surface area contributed by atoms with Crippen LogP contribution in [-0.2, 0) is 38.1 Å². The van der Waals surface area contributed by atoms with Gasteiger partial charge in [-0.2, -0.15) is 0 Å². The number of ether oxygens (including phenoxy) is 6. The second kappa shape index (κ2) is 11.3. The van der Waals surface area contributed by atoms with Gasteiger partial charge in [-0.15, -0.1) is 0 Å². The lowest BCUT2D eigenvalue weighted by Crippen LogP contribution is -2.67. The van der Waals surface area contributed by atoms with Crippen molar-refractivity contribution in [3.05, 3.63) is 24.3 Å². The van der Waals surface area contributed by atoms with Gasteiger partial charge in [0.2, 0.25) is 12.2 Å². The number of hydrogen-bond acceptors (Lipinski definition) is 10. The van der Waals surface area contributed by atoms with Gasteiger partial charge < -0.3 is 33.7 Å². The van der Waals surface area contributed by atoms with Crippen LogP contribution in [0.5, 0.6) is 11.5 Å². The lowest BCUT2D eigenvalue weighted by Gasteiger charge is -2.44. The number of nitrogens with one attached hydrogen (secondary N) is 1. The number of esters is 3. The van der Waals surface area contributed by atoms with Gasteiger partial charge in [-0.1, -0.05) is 6.07 Å². The zero-order valence-electron chi connectivity index (χ0n) is 18.5. The summed E-state index contributed by atoms with van der Waals surface area (Å²) in [4.78, 5) is 46.8. The zero-order chi connectivity index (χ0) is 23.8. The first-order valence-corrected chi connectivity index (χ1v) is 9.81. The number of benzene rings is 1. The number of carbonyl (C=O) groups excluding carboxylic acids is 4. The van der Waals surface area contributed by atoms with E-state index in [-0.39, 0.29) is 6.61 Å². The number of hydrogen-bond donors (Lipinski definition) is 1. The van der Waals surface area contributed by atoms with Crippen molar-refractivity contribution in [2.75, 3.05) is 13.7 Å². The van der Waals surface area contributed by atoms with Crippen molar-refractivity contribution < 1.29 is 47.6 Å². The molecule has 5 atom stereocenters. The predicted molar refractivity (Wildman–Crippen MR) is 108 cm³/mol. The SMILES string of the molecule is COc1cccc(O[C@@H]2O[C@H](COC(C)=O)[C@@H](OC(C)=O)[C@H](OC(C)=O)[C@H]2NC(C)=O)c1. The van der Waals surface area contributed by atoms with E-state index in [1.54, 1.807) is 24.3 Å². The van der Waals surface area contributed by atoms with Crippen molar-refractivity contribution in [3.63, 3.8) is 0 Å². The summed E-state index contributed by atoms with van der Waals surface area (Å²) >= 11 is 0. The summed E-state index contributed by atoms with van der Waals surface area (Å²) in [6.07, 6.45) is -4.61. The first-order chi connectivity index (χ1) is 15.1. The molecule has 0 aromatic heterocycles. The molecular weight excluding hydrogens is 426 g/mol. The summed E-state index contributed by atoms with van der Waals surface area (Å²) in [5.41, 5.74) is 0. The van der Waals surface area contributed by atoms with Crippen molar-refractivity contribution in [1.29, 1.82) is 0 Å². The Morgan fingerprint density at radius 2 is 1.56 bits per heavy atom. The lowest BCUT2D eigenvalue weighted by atomic mass is 9.96. The van der Waals surface area contributed by atoms with Crippen molar-refractivity contribution in [2.24, 2.45) is 0 Å². The van der Waals surface area contributed by atoms with E-state index in [1.165, 1.54) is 34.8 Å². The van der Waals surface area contributed by atoms with Crippen LogP contribution in [0.15, 0.2) is 24.3 Å². The molecule has 1 saturated heterocycles. The normalized spacial score (nSPS) is 24.6. The number of methoxy groups -OCH3 is 1. The number of amides is 1. The van der Waals surface area contributed by atoms with Gasteiger partial charge in [0, 0.05) is 33.8 Å². The van der Waals surface area contributed by atoms with E-state index in [4.69, 9.17) is 28.4 Å². The maximum absolute atomic E-state index is 11.9. The average Bonchev–Trinajstić information content (AvgIpc) is 2.70. The van der Waals surface area contributed by atoms with Gasteiger partial charge >= 0.3 is 17.9 Å². The van der Waals surface area contributed by atoms with E-state index >= 15 is 0 Å². The van der Waals surface area contributed by atoms with Crippen LogP contribution >= 0.6 is 0 Å². The summed E-state index contributed by atoms with van der Waals surface area (Å²) < 4.78 is 32.8. The monoisotopic (exact) mass is 453 g/mol. The van der Waals surface area contributed by atoms with Crippen molar-refractivity contribution in [3.8, 4) is 11.5 Å². The van der Waals surface area contributed by atoms with E-state index < -0.39 is 54.5 Å². The van der Waals surface area contributed by atoms with E-state index in [1.807, 2.05) is 0 Å². The molecule has 1 aromatic rings. The Bertz CT molecular complexity index is 842. The topological polar surface area (TPSA) is 136 Å². The molecule has 0 spiro atoms. The standard InChI is InChI=1S/C21H27NO10/c1-11(23)22-18-20(30-14(4)26)19(29-13(3)25)17(10-28-12(2)24)32-21(18)31-16-8-6-7-15(9-16)27-5/h6-9,17-21H,10H2,1-5H3,(H,22,23)/t17-,18-,19-,20-,21-/m1/s1. The molecule has 0 aliphatic carbocycles. The fraction of sp³-hybridized carbons (Fsp3) is 0.524. The summed E-state index contributed by atoms with van der Waals surface area (Å²) in [5, 5.41) is 2.63. The molecule has 1 aromatic carbocycles. The Kier molecular flexibility index (Phi) is 8.82. The molecule has 32 heavy (non-hydrogen) atoms. The molecule has 176 valence electrons. The third-order valence-corrected chi connectivity index (χ3v) is 4.36. The minimum absolute atomic E-state index is 0.310. The van der Waals surface area contributed by atoms with Crippen LogP contribution in [0.1, 0.15) is 27.7 Å². The number of carbonyl (C=O) groups is 4. The van der Waals surface area contributed by atoms with Crippen LogP contribution in [-0.4, -0.2) is 68.2 Å². The van der Waals surface area contributed by atoms with Gasteiger partial charge in [-0.05, 0) is 12.1 Å². The molecule has 1 amide bonds. The highest BCUT2D eigenvalue weighted by atomic mass is 16.7. The largest absolute Gasteiger partial charge is 0.497 e. The maximum Gasteiger partial charge on any atom is 0.303 e. The van der Waals surface area contributed by atoms with Crippen LogP contribution in [0.2, 0.25) is 0 Å². The summed E-state index contributed by atoms with van der Waals surface area (Å²) in [6, 6.07) is 5.57. The Morgan fingerprint density at radius 1 is 0.938 bits per heavy atom. The smallest absolute Gasteiger partial charge is 0.303 e. The molecule has 1 heterocycles. The first-order valence-electron chi connectivity index (χ1n) is 9.81. The predicted octanol–water partition coefficient (Wildman–Crippen LogP) is 0.730. The molecule has 1 fully saturated rings. The molecule has 11 nitrogen and oxygen atoms in total. The van der Waals surface area contributed by atoms with Gasteiger partial charge in [-0.3, -0.25) is 19.2 Å². The van der Waals surface area contributed by atoms with Gasteiger partial charge in [0.25, 0.3) is 0 Å². The molecule has 1 N–H and O–H groups in total. The van der Waals surface area contributed by atoms with Crippen LogP contribution in [0.3, 0.4) is 0 Å². The average molecular weight is 453 g/mol. The zero-order valence-corrected chi connectivity index (χ0v) is 18.5. The minimum Gasteiger partial charge on any atom is -0.497 e. The lowest BCUT2D eigenvalue weighted by molar-refractivity contribution is -0.257. The highest BCUT2D eigenvalue weighted by Gasteiger charge is 2.51. The highest BCUT2D eigenvalue weighted by Crippen LogP contribution is 2.30. The molecule has 1 aliphatic rings. The van der Waals surface area contributed by atoms with Crippen molar-refractivity contribution in [2.45, 2.75) is 58.3 Å². The van der Waals surface area contributed by atoms with Crippen molar-refractivity contribution >= 4 is 23.8 Å². The summed E-state index contributed by atoms with van der Waals surface area (Å²) in [5.74, 6) is -1.57. The minimum atomic E-state index is -1.19. The molecule has 0 saturated carbocycles. The number of rotatable bonds is 8. The second-order valence-corrected chi connectivity index (χ2v) is 7.02. The van der Waals surface area contributed by atoms with Crippen molar-refractivity contribution in [1.82, 2.24) is 5.32 Å². The summed E-state index contributed by atoms with van der Waals surface area (Å²) in [7, 11) is 1.49.